The molecule has 0 radical (unpaired) electrons. The first-order valence-electron chi connectivity index (χ1n) is 7.71. The maximum Gasteiger partial charge on any atom is 0.407 e. The van der Waals surface area contributed by atoms with E-state index in [1.54, 1.807) is 7.11 Å². The van der Waals surface area contributed by atoms with E-state index in [9.17, 15) is 9.59 Å². The summed E-state index contributed by atoms with van der Waals surface area (Å²) in [5.41, 5.74) is -0.539. The van der Waals surface area contributed by atoms with Crippen LogP contribution in [0.1, 0.15) is 47.5 Å². The van der Waals surface area contributed by atoms with Gasteiger partial charge >= 0.3 is 12.1 Å². The molecule has 3 atom stereocenters. The molecule has 0 bridgehead atoms. The second-order valence-corrected chi connectivity index (χ2v) is 6.49. The number of carbonyl (C=O) groups excluding carboxylic acids is 2. The minimum atomic E-state index is -0.539. The van der Waals surface area contributed by atoms with E-state index in [-0.39, 0.29) is 30.3 Å². The van der Waals surface area contributed by atoms with Gasteiger partial charge in [0.15, 0.2) is 0 Å². The van der Waals surface area contributed by atoms with E-state index in [1.165, 1.54) is 7.11 Å². The summed E-state index contributed by atoms with van der Waals surface area (Å²) < 4.78 is 15.4. The van der Waals surface area contributed by atoms with Crippen molar-refractivity contribution in [2.45, 2.75) is 59.2 Å². The highest BCUT2D eigenvalue weighted by atomic mass is 16.6. The summed E-state index contributed by atoms with van der Waals surface area (Å²) in [6, 6.07) is 0. The van der Waals surface area contributed by atoms with Crippen LogP contribution in [0, 0.1) is 11.8 Å². The second kappa shape index (κ2) is 9.66. The van der Waals surface area contributed by atoms with Gasteiger partial charge < -0.3 is 19.5 Å². The van der Waals surface area contributed by atoms with Gasteiger partial charge in [0.2, 0.25) is 0 Å². The van der Waals surface area contributed by atoms with Gasteiger partial charge in [0.05, 0.1) is 19.6 Å². The highest BCUT2D eigenvalue weighted by Crippen LogP contribution is 2.23. The number of alkyl carbamates (subject to hydrolysis) is 1. The van der Waals surface area contributed by atoms with Crippen LogP contribution in [0.5, 0.6) is 0 Å². The lowest BCUT2D eigenvalue weighted by Gasteiger charge is -2.30. The Balaban J connectivity index is 4.75. The predicted molar refractivity (Wildman–Crippen MR) is 84.6 cm³/mol. The second-order valence-electron chi connectivity index (χ2n) is 6.49. The molecule has 1 amide bonds. The smallest absolute Gasteiger partial charge is 0.407 e. The first-order valence-corrected chi connectivity index (χ1v) is 7.71. The van der Waals surface area contributed by atoms with E-state index in [0.717, 1.165) is 6.42 Å². The lowest BCUT2D eigenvalue weighted by atomic mass is 9.85. The van der Waals surface area contributed by atoms with E-state index in [2.05, 4.69) is 19.2 Å². The van der Waals surface area contributed by atoms with Crippen molar-refractivity contribution in [2.24, 2.45) is 11.8 Å². The summed E-state index contributed by atoms with van der Waals surface area (Å²) in [5, 5.41) is 2.77. The predicted octanol–water partition coefficient (Wildman–Crippen LogP) is 2.75. The maximum atomic E-state index is 11.8. The zero-order valence-electron chi connectivity index (χ0n) is 14.9. The lowest BCUT2D eigenvalue weighted by molar-refractivity contribution is -0.144. The number of hydrogen-bond acceptors (Lipinski definition) is 5. The molecule has 1 N–H and O–H groups in total. The monoisotopic (exact) mass is 317 g/mol. The van der Waals surface area contributed by atoms with Crippen LogP contribution in [0.25, 0.3) is 0 Å². The van der Waals surface area contributed by atoms with E-state index in [4.69, 9.17) is 14.2 Å². The number of rotatable bonds is 8. The Hall–Kier alpha value is -1.30. The molecule has 0 spiro atoms. The first kappa shape index (κ1) is 20.7. The molecule has 0 aromatic rings. The molecule has 0 saturated heterocycles. The Morgan fingerprint density at radius 1 is 1.18 bits per heavy atom. The molecule has 0 aliphatic rings. The van der Waals surface area contributed by atoms with Crippen molar-refractivity contribution in [3.8, 4) is 0 Å². The number of carbonyl (C=O) groups is 2. The lowest BCUT2D eigenvalue weighted by Crippen LogP contribution is -2.42. The van der Waals surface area contributed by atoms with Crippen molar-refractivity contribution in [2.75, 3.05) is 20.8 Å². The Morgan fingerprint density at radius 3 is 2.18 bits per heavy atom. The van der Waals surface area contributed by atoms with Crippen molar-refractivity contribution in [1.82, 2.24) is 5.32 Å². The molecule has 6 heteroatoms. The van der Waals surface area contributed by atoms with Crippen LogP contribution in [0.4, 0.5) is 4.79 Å². The summed E-state index contributed by atoms with van der Waals surface area (Å²) in [6.45, 7) is 9.97. The standard InChI is InChI=1S/C16H31NO5/c1-8-11(2)12(13(20-6)9-14(18)21-7)10-17-15(19)22-16(3,4)5/h11-13H,8-10H2,1-7H3,(H,17,19)/t11-,12+,13+/m0/s1. The Labute approximate surface area is 133 Å². The molecule has 0 rings (SSSR count). The number of amides is 1. The molecule has 0 aliphatic carbocycles. The van der Waals surface area contributed by atoms with E-state index >= 15 is 0 Å². The molecule has 6 nitrogen and oxygen atoms in total. The van der Waals surface area contributed by atoms with Crippen LogP contribution in [0.15, 0.2) is 0 Å². The molecule has 0 heterocycles. The third-order valence-corrected chi connectivity index (χ3v) is 3.63. The van der Waals surface area contributed by atoms with Gasteiger partial charge in [-0.1, -0.05) is 20.3 Å². The molecule has 0 unspecified atom stereocenters. The van der Waals surface area contributed by atoms with Gasteiger partial charge in [0.1, 0.15) is 5.60 Å². The Kier molecular flexibility index (Phi) is 9.09. The van der Waals surface area contributed by atoms with Crippen molar-refractivity contribution >= 4 is 12.1 Å². The van der Waals surface area contributed by atoms with Crippen LogP contribution < -0.4 is 5.32 Å². The third kappa shape index (κ3) is 8.22. The van der Waals surface area contributed by atoms with Gasteiger partial charge in [0.25, 0.3) is 0 Å². The average molecular weight is 317 g/mol. The number of hydrogen-bond donors (Lipinski definition) is 1. The van der Waals surface area contributed by atoms with Crippen LogP contribution >= 0.6 is 0 Å². The van der Waals surface area contributed by atoms with Gasteiger partial charge in [-0.05, 0) is 26.7 Å². The van der Waals surface area contributed by atoms with Crippen LogP contribution in [0.3, 0.4) is 0 Å². The molecular formula is C16H31NO5. The Bertz CT molecular complexity index is 351. The minimum Gasteiger partial charge on any atom is -0.469 e. The number of methoxy groups -OCH3 is 2. The summed E-state index contributed by atoms with van der Waals surface area (Å²) >= 11 is 0. The van der Waals surface area contributed by atoms with Gasteiger partial charge in [-0.3, -0.25) is 4.79 Å². The highest BCUT2D eigenvalue weighted by molar-refractivity contribution is 5.70. The summed E-state index contributed by atoms with van der Waals surface area (Å²) in [4.78, 5) is 23.3. The summed E-state index contributed by atoms with van der Waals surface area (Å²) in [6.07, 6.45) is 0.311. The van der Waals surface area contributed by atoms with Gasteiger partial charge in [-0.15, -0.1) is 0 Å². The fourth-order valence-electron chi connectivity index (χ4n) is 2.17. The molecule has 0 aliphatic heterocycles. The van der Waals surface area contributed by atoms with Crippen molar-refractivity contribution < 1.29 is 23.8 Å². The van der Waals surface area contributed by atoms with Crippen molar-refractivity contribution in [3.05, 3.63) is 0 Å². The van der Waals surface area contributed by atoms with Gasteiger partial charge in [-0.2, -0.15) is 0 Å². The number of esters is 1. The van der Waals surface area contributed by atoms with Crippen LogP contribution in [-0.4, -0.2) is 44.5 Å². The third-order valence-electron chi connectivity index (χ3n) is 3.63. The van der Waals surface area contributed by atoms with Crippen LogP contribution in [0.2, 0.25) is 0 Å². The molecule has 0 aromatic carbocycles. The van der Waals surface area contributed by atoms with E-state index < -0.39 is 11.7 Å². The fraction of sp³-hybridized carbons (Fsp3) is 0.875. The summed E-state index contributed by atoms with van der Waals surface area (Å²) in [7, 11) is 2.92. The maximum absolute atomic E-state index is 11.8. The largest absolute Gasteiger partial charge is 0.469 e. The van der Waals surface area contributed by atoms with E-state index in [0.29, 0.717) is 6.54 Å². The summed E-state index contributed by atoms with van der Waals surface area (Å²) in [5.74, 6) is -0.0383. The van der Waals surface area contributed by atoms with E-state index in [1.807, 2.05) is 20.8 Å². The number of ether oxygens (including phenoxy) is 3. The normalized spacial score (nSPS) is 15.6. The van der Waals surface area contributed by atoms with Crippen molar-refractivity contribution in [3.63, 3.8) is 0 Å². The fourth-order valence-corrected chi connectivity index (χ4v) is 2.17. The topological polar surface area (TPSA) is 73.9 Å². The molecule has 22 heavy (non-hydrogen) atoms. The quantitative estimate of drug-likeness (QED) is 0.697. The molecule has 0 fully saturated rings. The van der Waals surface area contributed by atoms with Gasteiger partial charge in [-0.25, -0.2) is 4.79 Å². The molecule has 0 saturated carbocycles. The SMILES string of the molecule is CC[C@H](C)[C@@H](CNC(=O)OC(C)(C)C)[C@@H](CC(=O)OC)OC. The van der Waals surface area contributed by atoms with Gasteiger partial charge in [0, 0.05) is 19.6 Å². The van der Waals surface area contributed by atoms with Crippen LogP contribution in [-0.2, 0) is 19.0 Å². The average Bonchev–Trinajstić information content (AvgIpc) is 2.43. The highest BCUT2D eigenvalue weighted by Gasteiger charge is 2.29. The minimum absolute atomic E-state index is 0.00150. The first-order chi connectivity index (χ1) is 10.1. The zero-order chi connectivity index (χ0) is 17.3. The number of nitrogens with one attached hydrogen (secondary N) is 1. The zero-order valence-corrected chi connectivity index (χ0v) is 14.9. The molecular weight excluding hydrogens is 286 g/mol. The molecule has 130 valence electrons. The molecule has 0 aromatic heterocycles. The van der Waals surface area contributed by atoms with Crippen molar-refractivity contribution in [1.29, 1.82) is 0 Å². The Morgan fingerprint density at radius 2 is 1.77 bits per heavy atom.